The lowest BCUT2D eigenvalue weighted by Gasteiger charge is -2.35. The topological polar surface area (TPSA) is 52.7 Å². The van der Waals surface area contributed by atoms with Crippen LogP contribution in [0.4, 0.5) is 0 Å². The highest BCUT2D eigenvalue weighted by molar-refractivity contribution is 6.33. The van der Waals surface area contributed by atoms with E-state index >= 15 is 0 Å². The lowest BCUT2D eigenvalue weighted by atomic mass is 9.87. The fourth-order valence-corrected chi connectivity index (χ4v) is 4.01. The van der Waals surface area contributed by atoms with E-state index in [-0.39, 0.29) is 11.8 Å². The molecule has 0 aromatic heterocycles. The average Bonchev–Trinajstić information content (AvgIpc) is 2.64. The number of halogens is 1. The Balaban J connectivity index is 1.43. The van der Waals surface area contributed by atoms with Gasteiger partial charge in [0.15, 0.2) is 0 Å². The number of benzene rings is 1. The zero-order chi connectivity index (χ0) is 18.5. The summed E-state index contributed by atoms with van der Waals surface area (Å²) in [6.07, 6.45) is 4.58. The molecule has 1 heterocycles. The highest BCUT2D eigenvalue weighted by Gasteiger charge is 2.25. The fourth-order valence-electron chi connectivity index (χ4n) is 3.79. The molecule has 3 rings (SSSR count). The fraction of sp³-hybridized carbons (Fsp3) is 0.600. The number of nitrogens with one attached hydrogen (secondary N) is 1. The summed E-state index contributed by atoms with van der Waals surface area (Å²) < 4.78 is 0. The second kappa shape index (κ2) is 8.87. The number of amides is 2. The van der Waals surface area contributed by atoms with Crippen LogP contribution in [-0.4, -0.2) is 60.4 Å². The number of piperazine rings is 1. The molecule has 0 spiro atoms. The molecule has 2 amide bonds. The van der Waals surface area contributed by atoms with Gasteiger partial charge in [0.05, 0.1) is 17.1 Å². The Bertz CT molecular complexity index is 636. The van der Waals surface area contributed by atoms with E-state index in [4.69, 9.17) is 11.6 Å². The molecule has 1 aliphatic carbocycles. The monoisotopic (exact) mass is 377 g/mol. The highest BCUT2D eigenvalue weighted by Crippen LogP contribution is 2.23. The number of carbonyl (C=O) groups is 2. The Kier molecular flexibility index (Phi) is 6.54. The molecule has 6 heteroatoms. The van der Waals surface area contributed by atoms with Gasteiger partial charge in [-0.3, -0.25) is 14.5 Å². The molecule has 1 saturated heterocycles. The molecule has 1 saturated carbocycles. The third-order valence-electron chi connectivity index (χ3n) is 5.51. The molecule has 5 nitrogen and oxygen atoms in total. The first kappa shape index (κ1) is 19.2. The zero-order valence-electron chi connectivity index (χ0n) is 15.4. The number of nitrogens with zero attached hydrogens (tertiary/aromatic N) is 2. The van der Waals surface area contributed by atoms with Gasteiger partial charge in [-0.05, 0) is 43.7 Å². The van der Waals surface area contributed by atoms with Gasteiger partial charge in [0.25, 0.3) is 5.91 Å². The second-order valence-electron chi connectivity index (χ2n) is 7.57. The summed E-state index contributed by atoms with van der Waals surface area (Å²) in [5, 5.41) is 3.66. The third kappa shape index (κ3) is 4.98. The first-order chi connectivity index (χ1) is 12.5. The van der Waals surface area contributed by atoms with Gasteiger partial charge in [0.1, 0.15) is 0 Å². The van der Waals surface area contributed by atoms with Crippen molar-refractivity contribution in [1.29, 1.82) is 0 Å². The largest absolute Gasteiger partial charge is 0.352 e. The van der Waals surface area contributed by atoms with Gasteiger partial charge in [-0.25, -0.2) is 0 Å². The van der Waals surface area contributed by atoms with E-state index in [1.54, 1.807) is 12.1 Å². The maximum absolute atomic E-state index is 12.6. The van der Waals surface area contributed by atoms with Crippen molar-refractivity contribution >= 4 is 23.4 Å². The number of rotatable bonds is 4. The summed E-state index contributed by atoms with van der Waals surface area (Å²) >= 11 is 6.13. The molecule has 2 fully saturated rings. The molecule has 142 valence electrons. The average molecular weight is 378 g/mol. The van der Waals surface area contributed by atoms with Gasteiger partial charge in [0.2, 0.25) is 5.91 Å². The summed E-state index contributed by atoms with van der Waals surface area (Å²) in [7, 11) is 0. The predicted molar refractivity (Wildman–Crippen MR) is 103 cm³/mol. The third-order valence-corrected chi connectivity index (χ3v) is 5.84. The summed E-state index contributed by atoms with van der Waals surface area (Å²) in [6.45, 7) is 5.37. The van der Waals surface area contributed by atoms with E-state index in [9.17, 15) is 9.59 Å². The van der Waals surface area contributed by atoms with Crippen LogP contribution in [0.5, 0.6) is 0 Å². The molecule has 0 unspecified atom stereocenters. The Morgan fingerprint density at radius 1 is 1.08 bits per heavy atom. The van der Waals surface area contributed by atoms with Crippen LogP contribution < -0.4 is 5.32 Å². The zero-order valence-corrected chi connectivity index (χ0v) is 16.2. The Labute approximate surface area is 160 Å². The second-order valence-corrected chi connectivity index (χ2v) is 7.98. The van der Waals surface area contributed by atoms with Crippen LogP contribution in [-0.2, 0) is 4.79 Å². The van der Waals surface area contributed by atoms with Gasteiger partial charge < -0.3 is 10.2 Å². The van der Waals surface area contributed by atoms with Crippen molar-refractivity contribution in [2.75, 3.05) is 32.7 Å². The van der Waals surface area contributed by atoms with Crippen LogP contribution in [0.1, 0.15) is 43.0 Å². The Morgan fingerprint density at radius 2 is 1.73 bits per heavy atom. The van der Waals surface area contributed by atoms with Crippen LogP contribution in [0, 0.1) is 5.92 Å². The van der Waals surface area contributed by atoms with Crippen molar-refractivity contribution in [2.45, 2.75) is 38.6 Å². The van der Waals surface area contributed by atoms with Gasteiger partial charge in [-0.15, -0.1) is 0 Å². The molecule has 1 aliphatic heterocycles. The lowest BCUT2D eigenvalue weighted by molar-refractivity contribution is -0.123. The molecule has 0 bridgehead atoms. The molecule has 0 radical (unpaired) electrons. The predicted octanol–water partition coefficient (Wildman–Crippen LogP) is 2.79. The van der Waals surface area contributed by atoms with E-state index in [1.807, 2.05) is 17.0 Å². The SMILES string of the molecule is CC1CCC(NC(=O)CN2CCN(C(=O)c3ccccc3Cl)CC2)CC1. The van der Waals surface area contributed by atoms with Crippen LogP contribution in [0.2, 0.25) is 5.02 Å². The van der Waals surface area contributed by atoms with E-state index in [0.29, 0.717) is 49.4 Å². The molecular weight excluding hydrogens is 350 g/mol. The van der Waals surface area contributed by atoms with E-state index in [0.717, 1.165) is 18.8 Å². The molecule has 2 aliphatic rings. The maximum Gasteiger partial charge on any atom is 0.255 e. The Hall–Kier alpha value is -1.59. The summed E-state index contributed by atoms with van der Waals surface area (Å²) in [5.74, 6) is 0.860. The van der Waals surface area contributed by atoms with Gasteiger partial charge in [-0.2, -0.15) is 0 Å². The number of hydrogen-bond donors (Lipinski definition) is 1. The Morgan fingerprint density at radius 3 is 2.38 bits per heavy atom. The van der Waals surface area contributed by atoms with Crippen LogP contribution in [0.25, 0.3) is 0 Å². The van der Waals surface area contributed by atoms with Crippen molar-refractivity contribution in [2.24, 2.45) is 5.92 Å². The van der Waals surface area contributed by atoms with E-state index in [1.165, 1.54) is 12.8 Å². The number of hydrogen-bond acceptors (Lipinski definition) is 3. The van der Waals surface area contributed by atoms with Crippen LogP contribution in [0.15, 0.2) is 24.3 Å². The summed E-state index contributed by atoms with van der Waals surface area (Å²) in [6, 6.07) is 7.48. The van der Waals surface area contributed by atoms with Crippen molar-refractivity contribution in [1.82, 2.24) is 15.1 Å². The van der Waals surface area contributed by atoms with Gasteiger partial charge >= 0.3 is 0 Å². The maximum atomic E-state index is 12.6. The van der Waals surface area contributed by atoms with E-state index < -0.39 is 0 Å². The summed E-state index contributed by atoms with van der Waals surface area (Å²) in [5.41, 5.74) is 0.548. The van der Waals surface area contributed by atoms with Crippen molar-refractivity contribution in [3.8, 4) is 0 Å². The van der Waals surface area contributed by atoms with Crippen molar-refractivity contribution in [3.05, 3.63) is 34.9 Å². The number of carbonyl (C=O) groups excluding carboxylic acids is 2. The summed E-state index contributed by atoms with van der Waals surface area (Å²) in [4.78, 5) is 28.8. The van der Waals surface area contributed by atoms with Crippen LogP contribution in [0.3, 0.4) is 0 Å². The van der Waals surface area contributed by atoms with Crippen LogP contribution >= 0.6 is 11.6 Å². The molecular formula is C20H28ClN3O2. The van der Waals surface area contributed by atoms with Gasteiger partial charge in [-0.1, -0.05) is 30.7 Å². The quantitative estimate of drug-likeness (QED) is 0.877. The van der Waals surface area contributed by atoms with Crippen molar-refractivity contribution < 1.29 is 9.59 Å². The molecule has 1 N–H and O–H groups in total. The standard InChI is InChI=1S/C20H28ClN3O2/c1-15-6-8-16(9-7-15)22-19(25)14-23-10-12-24(13-11-23)20(26)17-4-2-3-5-18(17)21/h2-5,15-16H,6-14H2,1H3,(H,22,25). The first-order valence-electron chi connectivity index (χ1n) is 9.58. The minimum Gasteiger partial charge on any atom is -0.352 e. The minimum absolute atomic E-state index is 0.0315. The molecule has 26 heavy (non-hydrogen) atoms. The first-order valence-corrected chi connectivity index (χ1v) is 9.96. The minimum atomic E-state index is -0.0315. The lowest BCUT2D eigenvalue weighted by Crippen LogP contribution is -2.52. The normalized spacial score (nSPS) is 24.3. The smallest absolute Gasteiger partial charge is 0.255 e. The molecule has 1 aromatic carbocycles. The highest BCUT2D eigenvalue weighted by atomic mass is 35.5. The van der Waals surface area contributed by atoms with E-state index in [2.05, 4.69) is 17.1 Å². The van der Waals surface area contributed by atoms with Gasteiger partial charge in [0, 0.05) is 32.2 Å². The molecule has 1 aromatic rings. The molecule has 0 atom stereocenters. The van der Waals surface area contributed by atoms with Crippen molar-refractivity contribution in [3.63, 3.8) is 0 Å².